The van der Waals surface area contributed by atoms with Crippen molar-refractivity contribution in [1.82, 2.24) is 10.0 Å². The van der Waals surface area contributed by atoms with Crippen molar-refractivity contribution < 1.29 is 13.2 Å². The van der Waals surface area contributed by atoms with Crippen molar-refractivity contribution in [2.24, 2.45) is 0 Å². The van der Waals surface area contributed by atoms with Crippen molar-refractivity contribution >= 4 is 15.9 Å². The van der Waals surface area contributed by atoms with Crippen LogP contribution in [-0.2, 0) is 14.8 Å². The van der Waals surface area contributed by atoms with Crippen LogP contribution in [0.25, 0.3) is 0 Å². The molecule has 2 atom stereocenters. The van der Waals surface area contributed by atoms with Gasteiger partial charge in [-0.3, -0.25) is 4.79 Å². The monoisotopic (exact) mass is 261 g/mol. The first-order valence-electron chi connectivity index (χ1n) is 5.51. The molecule has 0 bridgehead atoms. The third-order valence-corrected chi connectivity index (χ3v) is 3.97. The van der Waals surface area contributed by atoms with Gasteiger partial charge in [0, 0.05) is 19.0 Å². The zero-order valence-electron chi connectivity index (χ0n) is 10.4. The lowest BCUT2D eigenvalue weighted by Gasteiger charge is -2.12. The number of hydrogen-bond acceptors (Lipinski definition) is 4. The number of rotatable bonds is 7. The molecule has 0 fully saturated rings. The van der Waals surface area contributed by atoms with Crippen LogP contribution in [0.4, 0.5) is 0 Å². The van der Waals surface area contributed by atoms with E-state index in [1.807, 2.05) is 13.8 Å². The van der Waals surface area contributed by atoms with Crippen LogP contribution in [0, 0.1) is 11.3 Å². The van der Waals surface area contributed by atoms with Gasteiger partial charge in [-0.05, 0) is 20.3 Å². The van der Waals surface area contributed by atoms with Gasteiger partial charge < -0.3 is 5.32 Å². The molecule has 0 aliphatic heterocycles. The van der Waals surface area contributed by atoms with E-state index >= 15 is 0 Å². The maximum absolute atomic E-state index is 11.4. The van der Waals surface area contributed by atoms with Crippen LogP contribution in [0.15, 0.2) is 0 Å². The smallest absolute Gasteiger partial charge is 0.227 e. The molecule has 1 amide bonds. The molecule has 0 saturated carbocycles. The molecule has 7 heteroatoms. The zero-order chi connectivity index (χ0) is 13.5. The standard InChI is InChI=1S/C10H19N3O3S/c1-4-8(2)13-10(14)5-6-12-17(15,16)9(3)7-11/h8-9,12H,4-6H2,1-3H3,(H,13,14). The molecule has 0 rings (SSSR count). The quantitative estimate of drug-likeness (QED) is 0.680. The zero-order valence-corrected chi connectivity index (χ0v) is 11.2. The molecular weight excluding hydrogens is 242 g/mol. The summed E-state index contributed by atoms with van der Waals surface area (Å²) in [6.07, 6.45) is 0.894. The van der Waals surface area contributed by atoms with Crippen molar-refractivity contribution in [3.63, 3.8) is 0 Å². The van der Waals surface area contributed by atoms with Crippen LogP contribution >= 0.6 is 0 Å². The molecule has 6 nitrogen and oxygen atoms in total. The molecule has 0 aromatic rings. The highest BCUT2D eigenvalue weighted by molar-refractivity contribution is 7.90. The Morgan fingerprint density at radius 1 is 1.41 bits per heavy atom. The molecule has 2 unspecified atom stereocenters. The summed E-state index contributed by atoms with van der Waals surface area (Å²) >= 11 is 0. The van der Waals surface area contributed by atoms with Crippen molar-refractivity contribution in [2.45, 2.75) is 44.9 Å². The number of hydrogen-bond donors (Lipinski definition) is 2. The van der Waals surface area contributed by atoms with E-state index in [4.69, 9.17) is 5.26 Å². The van der Waals surface area contributed by atoms with Crippen molar-refractivity contribution in [3.05, 3.63) is 0 Å². The second-order valence-corrected chi connectivity index (χ2v) is 5.92. The lowest BCUT2D eigenvalue weighted by Crippen LogP contribution is -2.37. The summed E-state index contributed by atoms with van der Waals surface area (Å²) in [4.78, 5) is 11.3. The van der Waals surface area contributed by atoms with E-state index in [1.54, 1.807) is 6.07 Å². The van der Waals surface area contributed by atoms with E-state index in [1.165, 1.54) is 6.92 Å². The first-order chi connectivity index (χ1) is 7.83. The van der Waals surface area contributed by atoms with Crippen molar-refractivity contribution in [3.8, 4) is 6.07 Å². The Morgan fingerprint density at radius 3 is 2.47 bits per heavy atom. The third-order valence-electron chi connectivity index (χ3n) is 2.32. The largest absolute Gasteiger partial charge is 0.354 e. The Labute approximate surface area is 102 Å². The van der Waals surface area contributed by atoms with Gasteiger partial charge in [0.15, 0.2) is 5.25 Å². The Balaban J connectivity index is 4.01. The van der Waals surface area contributed by atoms with Crippen LogP contribution in [0.2, 0.25) is 0 Å². The molecule has 0 saturated heterocycles. The Morgan fingerprint density at radius 2 is 2.00 bits per heavy atom. The summed E-state index contributed by atoms with van der Waals surface area (Å²) < 4.78 is 24.9. The van der Waals surface area contributed by atoms with Gasteiger partial charge in [-0.1, -0.05) is 6.92 Å². The van der Waals surface area contributed by atoms with Crippen molar-refractivity contribution in [1.29, 1.82) is 5.26 Å². The Hall–Kier alpha value is -1.13. The highest BCUT2D eigenvalue weighted by atomic mass is 32.2. The molecule has 0 aliphatic rings. The normalized spacial score (nSPS) is 14.7. The predicted molar refractivity (Wildman–Crippen MR) is 64.5 cm³/mol. The topological polar surface area (TPSA) is 99.1 Å². The number of sulfonamides is 1. The van der Waals surface area contributed by atoms with Crippen molar-refractivity contribution in [2.75, 3.05) is 6.54 Å². The van der Waals surface area contributed by atoms with E-state index < -0.39 is 15.3 Å². The minimum absolute atomic E-state index is 0.0105. The van der Waals surface area contributed by atoms with Gasteiger partial charge in [0.1, 0.15) is 0 Å². The maximum Gasteiger partial charge on any atom is 0.227 e. The van der Waals surface area contributed by atoms with Gasteiger partial charge in [-0.2, -0.15) is 5.26 Å². The molecule has 0 radical (unpaired) electrons. The fraction of sp³-hybridized carbons (Fsp3) is 0.800. The van der Waals surface area contributed by atoms with Crippen LogP contribution in [-0.4, -0.2) is 32.2 Å². The minimum Gasteiger partial charge on any atom is -0.354 e. The fourth-order valence-corrected chi connectivity index (χ4v) is 1.73. The average molecular weight is 261 g/mol. The second kappa shape index (κ2) is 7.25. The Bertz CT molecular complexity index is 386. The second-order valence-electron chi connectivity index (χ2n) is 3.84. The summed E-state index contributed by atoms with van der Waals surface area (Å²) in [6.45, 7) is 5.13. The number of amides is 1. The van der Waals surface area contributed by atoms with E-state index in [2.05, 4.69) is 10.0 Å². The fourth-order valence-electron chi connectivity index (χ4n) is 0.950. The lowest BCUT2D eigenvalue weighted by atomic mass is 10.2. The third kappa shape index (κ3) is 6.24. The predicted octanol–water partition coefficient (Wildman–Crippen LogP) is 0.123. The van der Waals surface area contributed by atoms with Crippen LogP contribution in [0.1, 0.15) is 33.6 Å². The molecule has 0 heterocycles. The van der Waals surface area contributed by atoms with Gasteiger partial charge in [0.25, 0.3) is 0 Å². The van der Waals surface area contributed by atoms with Gasteiger partial charge in [-0.15, -0.1) is 0 Å². The van der Waals surface area contributed by atoms with Gasteiger partial charge >= 0.3 is 0 Å². The molecule has 0 aromatic carbocycles. The van der Waals surface area contributed by atoms with E-state index in [0.29, 0.717) is 0 Å². The van der Waals surface area contributed by atoms with Crippen LogP contribution in [0.3, 0.4) is 0 Å². The highest BCUT2D eigenvalue weighted by Crippen LogP contribution is 1.96. The first-order valence-corrected chi connectivity index (χ1v) is 7.05. The molecule has 17 heavy (non-hydrogen) atoms. The molecule has 2 N–H and O–H groups in total. The van der Waals surface area contributed by atoms with Gasteiger partial charge in [0.2, 0.25) is 15.9 Å². The number of nitriles is 1. The van der Waals surface area contributed by atoms with E-state index in [-0.39, 0.29) is 24.9 Å². The minimum atomic E-state index is -3.63. The van der Waals surface area contributed by atoms with Gasteiger partial charge in [-0.25, -0.2) is 13.1 Å². The number of nitrogens with zero attached hydrogens (tertiary/aromatic N) is 1. The van der Waals surface area contributed by atoms with Crippen LogP contribution < -0.4 is 10.0 Å². The highest BCUT2D eigenvalue weighted by Gasteiger charge is 2.19. The average Bonchev–Trinajstić information content (AvgIpc) is 2.27. The number of carbonyl (C=O) groups excluding carboxylic acids is 1. The summed E-state index contributed by atoms with van der Waals surface area (Å²) in [6, 6.07) is 1.71. The molecule has 98 valence electrons. The lowest BCUT2D eigenvalue weighted by molar-refractivity contribution is -0.121. The summed E-state index contributed by atoms with van der Waals surface area (Å²) in [5.41, 5.74) is 0. The first kappa shape index (κ1) is 15.9. The van der Waals surface area contributed by atoms with E-state index in [0.717, 1.165) is 6.42 Å². The number of carbonyl (C=O) groups is 1. The molecule has 0 aromatic heterocycles. The molecule has 0 aliphatic carbocycles. The Kier molecular flexibility index (Phi) is 6.76. The maximum atomic E-state index is 11.4. The summed E-state index contributed by atoms with van der Waals surface area (Å²) in [7, 11) is -3.63. The summed E-state index contributed by atoms with van der Waals surface area (Å²) in [5, 5.41) is 10.1. The molecular formula is C10H19N3O3S. The SMILES string of the molecule is CCC(C)NC(=O)CCNS(=O)(=O)C(C)C#N. The van der Waals surface area contributed by atoms with Crippen LogP contribution in [0.5, 0.6) is 0 Å². The summed E-state index contributed by atoms with van der Waals surface area (Å²) in [5.74, 6) is -0.202. The van der Waals surface area contributed by atoms with Gasteiger partial charge in [0.05, 0.1) is 6.07 Å². The van der Waals surface area contributed by atoms with E-state index in [9.17, 15) is 13.2 Å². The number of nitrogens with one attached hydrogen (secondary N) is 2. The molecule has 0 spiro atoms.